The number of hydrogen-bond acceptors (Lipinski definition) is 4. The van der Waals surface area contributed by atoms with E-state index >= 15 is 0 Å². The number of aromatic nitrogens is 1. The number of methoxy groups -OCH3 is 1. The molecule has 0 aliphatic carbocycles. The maximum Gasteiger partial charge on any atom is 0.128 e. The molecule has 5 heteroatoms. The SMILES string of the molecule is COC[C@@H]1CN(c2ccc(I)cn2)CCO1. The van der Waals surface area contributed by atoms with E-state index in [1.165, 1.54) is 0 Å². The zero-order valence-electron chi connectivity index (χ0n) is 9.23. The molecule has 16 heavy (non-hydrogen) atoms. The molecule has 1 aliphatic rings. The summed E-state index contributed by atoms with van der Waals surface area (Å²) in [7, 11) is 1.70. The van der Waals surface area contributed by atoms with Crippen LogP contribution in [0.4, 0.5) is 5.82 Å². The zero-order chi connectivity index (χ0) is 11.4. The predicted octanol–water partition coefficient (Wildman–Crippen LogP) is 1.54. The van der Waals surface area contributed by atoms with Gasteiger partial charge in [-0.2, -0.15) is 0 Å². The molecule has 4 nitrogen and oxygen atoms in total. The van der Waals surface area contributed by atoms with E-state index in [2.05, 4.69) is 44.6 Å². The highest BCUT2D eigenvalue weighted by Gasteiger charge is 2.21. The Morgan fingerprint density at radius 1 is 1.62 bits per heavy atom. The Balaban J connectivity index is 2.01. The van der Waals surface area contributed by atoms with E-state index in [0.29, 0.717) is 6.61 Å². The van der Waals surface area contributed by atoms with E-state index in [1.54, 1.807) is 7.11 Å². The number of hydrogen-bond donors (Lipinski definition) is 0. The summed E-state index contributed by atoms with van der Waals surface area (Å²) >= 11 is 2.26. The average molecular weight is 334 g/mol. The van der Waals surface area contributed by atoms with Crippen LogP contribution in [-0.2, 0) is 9.47 Å². The quantitative estimate of drug-likeness (QED) is 0.786. The van der Waals surface area contributed by atoms with Crippen LogP contribution in [0.25, 0.3) is 0 Å². The van der Waals surface area contributed by atoms with E-state index < -0.39 is 0 Å². The van der Waals surface area contributed by atoms with Crippen molar-refractivity contribution < 1.29 is 9.47 Å². The van der Waals surface area contributed by atoms with Crippen molar-refractivity contribution in [1.29, 1.82) is 0 Å². The van der Waals surface area contributed by atoms with Crippen LogP contribution in [0, 0.1) is 3.57 Å². The average Bonchev–Trinajstić information content (AvgIpc) is 2.31. The Morgan fingerprint density at radius 3 is 3.19 bits per heavy atom. The number of nitrogens with zero attached hydrogens (tertiary/aromatic N) is 2. The van der Waals surface area contributed by atoms with Gasteiger partial charge in [0.05, 0.1) is 19.3 Å². The van der Waals surface area contributed by atoms with E-state index in [1.807, 2.05) is 6.20 Å². The normalized spacial score (nSPS) is 21.1. The summed E-state index contributed by atoms with van der Waals surface area (Å²) in [5.41, 5.74) is 0. The first-order valence-electron chi connectivity index (χ1n) is 5.26. The van der Waals surface area contributed by atoms with Crippen LogP contribution in [-0.4, -0.2) is 44.5 Å². The van der Waals surface area contributed by atoms with Crippen molar-refractivity contribution in [3.8, 4) is 0 Å². The maximum absolute atomic E-state index is 5.60. The van der Waals surface area contributed by atoms with E-state index in [0.717, 1.165) is 29.1 Å². The first-order valence-corrected chi connectivity index (χ1v) is 6.34. The summed E-state index contributed by atoms with van der Waals surface area (Å²) < 4.78 is 11.9. The molecule has 2 heterocycles. The number of pyridine rings is 1. The number of rotatable bonds is 3. The van der Waals surface area contributed by atoms with Crippen molar-refractivity contribution in [1.82, 2.24) is 4.98 Å². The van der Waals surface area contributed by atoms with Crippen LogP contribution < -0.4 is 4.90 Å². The lowest BCUT2D eigenvalue weighted by Crippen LogP contribution is -2.44. The minimum atomic E-state index is 0.153. The second-order valence-corrected chi connectivity index (χ2v) is 4.97. The standard InChI is InChI=1S/C11H15IN2O2/c1-15-8-10-7-14(4-5-16-10)11-3-2-9(12)6-13-11/h2-3,6,10H,4-5,7-8H2,1H3/t10-/m0/s1. The van der Waals surface area contributed by atoms with Crippen molar-refractivity contribution in [2.75, 3.05) is 38.3 Å². The molecule has 88 valence electrons. The maximum atomic E-state index is 5.60. The fraction of sp³-hybridized carbons (Fsp3) is 0.545. The number of halogens is 1. The summed E-state index contributed by atoms with van der Waals surface area (Å²) in [5.74, 6) is 1.02. The van der Waals surface area contributed by atoms with Gasteiger partial charge in [0.25, 0.3) is 0 Å². The van der Waals surface area contributed by atoms with E-state index in [-0.39, 0.29) is 6.10 Å². The molecule has 1 aromatic heterocycles. The molecule has 0 saturated carbocycles. The molecule has 1 saturated heterocycles. The Bertz CT molecular complexity index is 329. The second-order valence-electron chi connectivity index (χ2n) is 3.73. The molecule has 1 atom stereocenters. The lowest BCUT2D eigenvalue weighted by Gasteiger charge is -2.33. The van der Waals surface area contributed by atoms with Gasteiger partial charge in [-0.1, -0.05) is 0 Å². The molecule has 1 fully saturated rings. The van der Waals surface area contributed by atoms with Gasteiger partial charge in [-0.05, 0) is 34.7 Å². The van der Waals surface area contributed by atoms with Gasteiger partial charge < -0.3 is 14.4 Å². The summed E-state index contributed by atoms with van der Waals surface area (Å²) in [6.45, 7) is 3.12. The van der Waals surface area contributed by atoms with Crippen LogP contribution in [0.15, 0.2) is 18.3 Å². The van der Waals surface area contributed by atoms with Crippen LogP contribution in [0.2, 0.25) is 0 Å². The number of anilines is 1. The Morgan fingerprint density at radius 2 is 2.50 bits per heavy atom. The molecule has 0 aromatic carbocycles. The largest absolute Gasteiger partial charge is 0.382 e. The highest BCUT2D eigenvalue weighted by atomic mass is 127. The first kappa shape index (κ1) is 12.1. The van der Waals surface area contributed by atoms with Crippen molar-refractivity contribution in [2.45, 2.75) is 6.10 Å². The third-order valence-electron chi connectivity index (χ3n) is 2.53. The molecule has 0 spiro atoms. The van der Waals surface area contributed by atoms with Crippen molar-refractivity contribution in [2.24, 2.45) is 0 Å². The highest BCUT2D eigenvalue weighted by molar-refractivity contribution is 14.1. The molecule has 0 unspecified atom stereocenters. The Hall–Kier alpha value is -0.400. The third kappa shape index (κ3) is 3.05. The second kappa shape index (κ2) is 5.79. The smallest absolute Gasteiger partial charge is 0.128 e. The summed E-state index contributed by atoms with van der Waals surface area (Å²) in [6, 6.07) is 4.13. The topological polar surface area (TPSA) is 34.6 Å². The van der Waals surface area contributed by atoms with E-state index in [4.69, 9.17) is 9.47 Å². The highest BCUT2D eigenvalue weighted by Crippen LogP contribution is 2.16. The summed E-state index contributed by atoms with van der Waals surface area (Å²) in [4.78, 5) is 6.66. The van der Waals surface area contributed by atoms with Gasteiger partial charge in [-0.15, -0.1) is 0 Å². The Kier molecular flexibility index (Phi) is 4.37. The fourth-order valence-corrected chi connectivity index (χ4v) is 2.09. The van der Waals surface area contributed by atoms with Gasteiger partial charge in [0.1, 0.15) is 5.82 Å². The molecule has 0 radical (unpaired) electrons. The number of ether oxygens (including phenoxy) is 2. The lowest BCUT2D eigenvalue weighted by molar-refractivity contribution is -0.0102. The molecule has 2 rings (SSSR count). The van der Waals surface area contributed by atoms with E-state index in [9.17, 15) is 0 Å². The van der Waals surface area contributed by atoms with Crippen molar-refractivity contribution in [3.05, 3.63) is 21.9 Å². The molecule has 0 amide bonds. The summed E-state index contributed by atoms with van der Waals surface area (Å²) in [5, 5.41) is 0. The third-order valence-corrected chi connectivity index (χ3v) is 3.17. The minimum absolute atomic E-state index is 0.153. The first-order chi connectivity index (χ1) is 7.79. The van der Waals surface area contributed by atoms with Crippen molar-refractivity contribution >= 4 is 28.4 Å². The van der Waals surface area contributed by atoms with Gasteiger partial charge in [0.15, 0.2) is 0 Å². The molecule has 1 aliphatic heterocycles. The predicted molar refractivity (Wildman–Crippen MR) is 70.8 cm³/mol. The van der Waals surface area contributed by atoms with Crippen LogP contribution in [0.1, 0.15) is 0 Å². The van der Waals surface area contributed by atoms with Crippen LogP contribution in [0.3, 0.4) is 0 Å². The minimum Gasteiger partial charge on any atom is -0.382 e. The van der Waals surface area contributed by atoms with Crippen LogP contribution >= 0.6 is 22.6 Å². The molecular weight excluding hydrogens is 319 g/mol. The summed E-state index contributed by atoms with van der Waals surface area (Å²) in [6.07, 6.45) is 2.04. The number of morpholine rings is 1. The van der Waals surface area contributed by atoms with Gasteiger partial charge in [-0.25, -0.2) is 4.98 Å². The molecular formula is C11H15IN2O2. The van der Waals surface area contributed by atoms with Gasteiger partial charge in [0, 0.05) is 30.0 Å². The molecule has 0 N–H and O–H groups in total. The molecule has 1 aromatic rings. The van der Waals surface area contributed by atoms with Crippen molar-refractivity contribution in [3.63, 3.8) is 0 Å². The molecule has 0 bridgehead atoms. The van der Waals surface area contributed by atoms with Gasteiger partial charge >= 0.3 is 0 Å². The van der Waals surface area contributed by atoms with Gasteiger partial charge in [-0.3, -0.25) is 0 Å². The zero-order valence-corrected chi connectivity index (χ0v) is 11.4. The van der Waals surface area contributed by atoms with Gasteiger partial charge in [0.2, 0.25) is 0 Å². The fourth-order valence-electron chi connectivity index (χ4n) is 1.77. The monoisotopic (exact) mass is 334 g/mol. The lowest BCUT2D eigenvalue weighted by atomic mass is 10.3. The Labute approximate surface area is 109 Å². The van der Waals surface area contributed by atoms with Crippen LogP contribution in [0.5, 0.6) is 0 Å².